The topological polar surface area (TPSA) is 125 Å². The Labute approximate surface area is 235 Å². The lowest BCUT2D eigenvalue weighted by Crippen LogP contribution is -2.23. The van der Waals surface area contributed by atoms with Crippen molar-refractivity contribution in [2.45, 2.75) is 13.3 Å². The number of amides is 1. The van der Waals surface area contributed by atoms with Crippen molar-refractivity contribution >= 4 is 33.5 Å². The summed E-state index contributed by atoms with van der Waals surface area (Å²) < 4.78 is 0. The van der Waals surface area contributed by atoms with Crippen molar-refractivity contribution in [3.8, 4) is 22.8 Å². The van der Waals surface area contributed by atoms with Crippen molar-refractivity contribution in [3.05, 3.63) is 121 Å². The van der Waals surface area contributed by atoms with Gasteiger partial charge in [0.15, 0.2) is 11.5 Å². The number of carbonyl (C=O) groups excluding carboxylic acids is 1. The summed E-state index contributed by atoms with van der Waals surface area (Å²) in [6, 6.07) is 19.2. The Bertz CT molecular complexity index is 1930. The van der Waals surface area contributed by atoms with E-state index < -0.39 is 0 Å². The Kier molecular flexibility index (Phi) is 6.98. The largest absolute Gasteiger partial charge is 0.336 e. The molecule has 3 N–H and O–H groups in total. The van der Waals surface area contributed by atoms with Crippen molar-refractivity contribution in [2.75, 3.05) is 0 Å². The Morgan fingerprint density at radius 3 is 2.61 bits per heavy atom. The van der Waals surface area contributed by atoms with E-state index >= 15 is 0 Å². The van der Waals surface area contributed by atoms with E-state index in [0.29, 0.717) is 34.8 Å². The fraction of sp³-hybridized carbons (Fsp3) is 0.0625. The second-order valence-corrected chi connectivity index (χ2v) is 9.44. The highest BCUT2D eigenvalue weighted by Crippen LogP contribution is 2.30. The van der Waals surface area contributed by atoms with Crippen LogP contribution in [-0.4, -0.2) is 41.0 Å². The molecule has 0 saturated heterocycles. The van der Waals surface area contributed by atoms with E-state index in [1.807, 2.05) is 79.7 Å². The predicted molar refractivity (Wildman–Crippen MR) is 160 cm³/mol. The number of nitrogens with zero attached hydrogens (tertiary/aromatic N) is 5. The van der Waals surface area contributed by atoms with Gasteiger partial charge in [-0.1, -0.05) is 49.1 Å². The minimum absolute atomic E-state index is 0.0894. The number of hydrogen-bond donors (Lipinski definition) is 3. The molecule has 0 aliphatic rings. The lowest BCUT2D eigenvalue weighted by atomic mass is 10.1. The molecule has 0 saturated carbocycles. The summed E-state index contributed by atoms with van der Waals surface area (Å²) in [5, 5.41) is 10.5. The number of imidazole rings is 1. The van der Waals surface area contributed by atoms with Crippen molar-refractivity contribution in [1.82, 2.24) is 40.4 Å². The van der Waals surface area contributed by atoms with Gasteiger partial charge >= 0.3 is 0 Å². The van der Waals surface area contributed by atoms with Crippen LogP contribution in [0.4, 0.5) is 0 Å². The summed E-state index contributed by atoms with van der Waals surface area (Å²) in [5.41, 5.74) is 8.32. The molecule has 0 spiro atoms. The van der Waals surface area contributed by atoms with Crippen molar-refractivity contribution in [1.29, 1.82) is 0 Å². The first-order valence-corrected chi connectivity index (χ1v) is 13.0. The minimum Gasteiger partial charge on any atom is -0.336 e. The van der Waals surface area contributed by atoms with E-state index in [4.69, 9.17) is 9.97 Å². The molecule has 5 heterocycles. The number of carbonyl (C=O) groups is 1. The molecule has 6 rings (SSSR count). The van der Waals surface area contributed by atoms with Gasteiger partial charge < -0.3 is 10.3 Å². The number of benzene rings is 1. The third-order valence-corrected chi connectivity index (χ3v) is 6.48. The minimum atomic E-state index is -0.0894. The second kappa shape index (κ2) is 11.2. The maximum absolute atomic E-state index is 12.6. The van der Waals surface area contributed by atoms with Crippen LogP contribution >= 0.6 is 0 Å². The normalized spacial score (nSPS) is 12.1. The van der Waals surface area contributed by atoms with Crippen LogP contribution in [0.1, 0.15) is 18.2 Å². The van der Waals surface area contributed by atoms with Crippen LogP contribution in [0.5, 0.6) is 0 Å². The molecule has 0 aliphatic heterocycles. The van der Waals surface area contributed by atoms with Gasteiger partial charge in [0.1, 0.15) is 11.0 Å². The van der Waals surface area contributed by atoms with Crippen molar-refractivity contribution in [3.63, 3.8) is 0 Å². The zero-order valence-corrected chi connectivity index (χ0v) is 22.3. The molecule has 9 nitrogen and oxygen atoms in total. The van der Waals surface area contributed by atoms with Crippen LogP contribution in [-0.2, 0) is 11.2 Å². The quantitative estimate of drug-likeness (QED) is 0.211. The molecular formula is C32H26N8O. The summed E-state index contributed by atoms with van der Waals surface area (Å²) in [7, 11) is 0. The highest BCUT2D eigenvalue weighted by molar-refractivity contribution is 5.95. The van der Waals surface area contributed by atoms with Gasteiger partial charge in [-0.25, -0.2) is 9.97 Å². The molecule has 41 heavy (non-hydrogen) atoms. The van der Waals surface area contributed by atoms with Gasteiger partial charge in [0.05, 0.1) is 28.8 Å². The Hall–Kier alpha value is -5.70. The van der Waals surface area contributed by atoms with E-state index in [0.717, 1.165) is 38.9 Å². The molecular weight excluding hydrogens is 512 g/mol. The van der Waals surface area contributed by atoms with Crippen LogP contribution in [0.3, 0.4) is 0 Å². The first-order chi connectivity index (χ1) is 20.1. The molecule has 0 aliphatic carbocycles. The highest BCUT2D eigenvalue weighted by atomic mass is 16.1. The summed E-state index contributed by atoms with van der Waals surface area (Å²) in [6.07, 6.45) is 11.0. The predicted octanol–water partition coefficient (Wildman–Crippen LogP) is 5.79. The van der Waals surface area contributed by atoms with Gasteiger partial charge in [0, 0.05) is 35.4 Å². The molecule has 200 valence electrons. The summed E-state index contributed by atoms with van der Waals surface area (Å²) in [6.45, 7) is 5.71. The van der Waals surface area contributed by atoms with Crippen LogP contribution in [0.2, 0.25) is 0 Å². The Morgan fingerprint density at radius 2 is 1.80 bits per heavy atom. The molecule has 6 aromatic rings. The van der Waals surface area contributed by atoms with Crippen LogP contribution in [0, 0.1) is 0 Å². The molecule has 0 fully saturated rings. The lowest BCUT2D eigenvalue weighted by molar-refractivity contribution is -0.119. The highest BCUT2D eigenvalue weighted by Gasteiger charge is 2.17. The van der Waals surface area contributed by atoms with E-state index in [-0.39, 0.29) is 5.91 Å². The summed E-state index contributed by atoms with van der Waals surface area (Å²) in [4.78, 5) is 34.5. The molecule has 1 amide bonds. The molecule has 0 unspecified atom stereocenters. The number of pyridine rings is 3. The fourth-order valence-corrected chi connectivity index (χ4v) is 4.64. The maximum atomic E-state index is 12.6. The average molecular weight is 539 g/mol. The van der Waals surface area contributed by atoms with E-state index in [9.17, 15) is 4.79 Å². The zero-order valence-electron chi connectivity index (χ0n) is 22.3. The smallest absolute Gasteiger partial charge is 0.228 e. The van der Waals surface area contributed by atoms with Gasteiger partial charge in [0.2, 0.25) is 5.91 Å². The second-order valence-electron chi connectivity index (χ2n) is 9.44. The van der Waals surface area contributed by atoms with Crippen molar-refractivity contribution in [2.24, 2.45) is 0 Å². The van der Waals surface area contributed by atoms with E-state index in [1.54, 1.807) is 24.7 Å². The lowest BCUT2D eigenvalue weighted by Gasteiger charge is -2.08. The van der Waals surface area contributed by atoms with Crippen LogP contribution < -0.4 is 5.32 Å². The summed E-state index contributed by atoms with van der Waals surface area (Å²) in [5.74, 6) is 0.483. The molecule has 9 heteroatoms. The number of allylic oxidation sites excluding steroid dienone is 5. The fourth-order valence-electron chi connectivity index (χ4n) is 4.64. The van der Waals surface area contributed by atoms with Gasteiger partial charge in [-0.2, -0.15) is 5.10 Å². The number of H-pyrrole nitrogens is 2. The maximum Gasteiger partial charge on any atom is 0.228 e. The third kappa shape index (κ3) is 5.41. The molecule has 0 bridgehead atoms. The van der Waals surface area contributed by atoms with E-state index in [1.165, 1.54) is 0 Å². The number of aromatic amines is 2. The van der Waals surface area contributed by atoms with Gasteiger partial charge in [-0.15, -0.1) is 0 Å². The first kappa shape index (κ1) is 25.6. The Morgan fingerprint density at radius 1 is 0.951 bits per heavy atom. The number of nitrogens with one attached hydrogen (secondary N) is 3. The first-order valence-electron chi connectivity index (χ1n) is 13.0. The van der Waals surface area contributed by atoms with Crippen molar-refractivity contribution < 1.29 is 4.79 Å². The summed E-state index contributed by atoms with van der Waals surface area (Å²) >= 11 is 0. The Balaban J connectivity index is 1.32. The van der Waals surface area contributed by atoms with Gasteiger partial charge in [-0.3, -0.25) is 19.9 Å². The number of fused-ring (bicyclic) bond motifs is 2. The number of aromatic nitrogens is 7. The van der Waals surface area contributed by atoms with Crippen LogP contribution in [0.25, 0.3) is 50.4 Å². The van der Waals surface area contributed by atoms with Gasteiger partial charge in [0.25, 0.3) is 0 Å². The molecule has 0 radical (unpaired) electrons. The third-order valence-electron chi connectivity index (χ3n) is 6.48. The number of rotatable bonds is 8. The molecule has 1 aromatic carbocycles. The molecule has 5 aromatic heterocycles. The standard InChI is InChI=1S/C32H26N8O/c1-3-8-22(17-20(2)35-27(41)18-21-9-5-4-6-10-21)24-12-13-26-30(36-24)31(40-39-26)32-37-25-14-16-34-28(29(25)38-32)23-11-7-15-33-19-23/h3-17,19H,1,18H2,2H3,(H,35,41)(H,37,38)(H,39,40)/b20-17+,22-8+. The van der Waals surface area contributed by atoms with Gasteiger partial charge in [-0.05, 0) is 48.9 Å². The van der Waals surface area contributed by atoms with E-state index in [2.05, 4.69) is 37.0 Å². The average Bonchev–Trinajstić information content (AvgIpc) is 3.61. The zero-order chi connectivity index (χ0) is 28.2. The molecule has 0 atom stereocenters. The van der Waals surface area contributed by atoms with Crippen LogP contribution in [0.15, 0.2) is 110 Å². The number of hydrogen-bond acceptors (Lipinski definition) is 6. The SMILES string of the molecule is C=C/C=C(\C=C(/C)NC(=O)Cc1ccccc1)c1ccc2[nH]nc(-c3nc4c(-c5cccnc5)nccc4[nH]3)c2n1. The monoisotopic (exact) mass is 538 g/mol.